The van der Waals surface area contributed by atoms with Crippen molar-refractivity contribution in [3.8, 4) is 0 Å². The fraction of sp³-hybridized carbons (Fsp3) is 0.846. The molecule has 0 unspecified atom stereocenters. The lowest BCUT2D eigenvalue weighted by Crippen LogP contribution is -2.45. The van der Waals surface area contributed by atoms with Gasteiger partial charge in [0.05, 0.1) is 5.41 Å². The number of carbonyl (C=O) groups excluding carboxylic acids is 1. The molecular weight excluding hydrogens is 218 g/mol. The number of hydrogen-bond donors (Lipinski definition) is 2. The van der Waals surface area contributed by atoms with Gasteiger partial charge in [0.15, 0.2) is 0 Å². The largest absolute Gasteiger partial charge is 0.481 e. The van der Waals surface area contributed by atoms with E-state index in [1.165, 1.54) is 6.42 Å². The fourth-order valence-electron chi connectivity index (χ4n) is 2.71. The normalized spacial score (nSPS) is 24.3. The van der Waals surface area contributed by atoms with E-state index < -0.39 is 11.4 Å². The van der Waals surface area contributed by atoms with Crippen LogP contribution in [0.1, 0.15) is 51.9 Å². The molecule has 0 aromatic rings. The summed E-state index contributed by atoms with van der Waals surface area (Å²) < 4.78 is 0. The molecular formula is C13H21NO3. The second kappa shape index (κ2) is 4.31. The van der Waals surface area contributed by atoms with E-state index in [1.807, 2.05) is 0 Å². The Labute approximate surface area is 102 Å². The molecule has 0 atom stereocenters. The molecule has 2 aliphatic rings. The summed E-state index contributed by atoms with van der Waals surface area (Å²) in [6.07, 6.45) is 5.94. The van der Waals surface area contributed by atoms with Crippen molar-refractivity contribution in [2.24, 2.45) is 10.8 Å². The third kappa shape index (κ3) is 2.45. The first-order valence-corrected chi connectivity index (χ1v) is 6.46. The lowest BCUT2D eigenvalue weighted by atomic mass is 9.66. The Balaban J connectivity index is 1.78. The third-order valence-electron chi connectivity index (χ3n) is 4.54. The molecule has 2 N–H and O–H groups in total. The summed E-state index contributed by atoms with van der Waals surface area (Å²) in [5.41, 5.74) is -0.504. The van der Waals surface area contributed by atoms with E-state index in [2.05, 4.69) is 12.2 Å². The van der Waals surface area contributed by atoms with E-state index >= 15 is 0 Å². The van der Waals surface area contributed by atoms with Crippen LogP contribution >= 0.6 is 0 Å². The van der Waals surface area contributed by atoms with Crippen LogP contribution in [0.15, 0.2) is 0 Å². The Kier molecular flexibility index (Phi) is 3.15. The van der Waals surface area contributed by atoms with Crippen LogP contribution in [0.2, 0.25) is 0 Å². The van der Waals surface area contributed by atoms with Crippen LogP contribution in [0, 0.1) is 10.8 Å². The molecule has 17 heavy (non-hydrogen) atoms. The van der Waals surface area contributed by atoms with E-state index in [-0.39, 0.29) is 17.7 Å². The van der Waals surface area contributed by atoms with Crippen molar-refractivity contribution in [2.45, 2.75) is 51.9 Å². The zero-order chi connectivity index (χ0) is 12.5. The second-order valence-electron chi connectivity index (χ2n) is 6.06. The van der Waals surface area contributed by atoms with Crippen molar-refractivity contribution in [1.29, 1.82) is 0 Å². The average Bonchev–Trinajstić information content (AvgIpc) is 2.17. The number of carbonyl (C=O) groups is 2. The topological polar surface area (TPSA) is 66.4 Å². The Bertz CT molecular complexity index is 330. The van der Waals surface area contributed by atoms with Gasteiger partial charge in [-0.1, -0.05) is 19.8 Å². The highest BCUT2D eigenvalue weighted by atomic mass is 16.4. The molecule has 0 aromatic carbocycles. The summed E-state index contributed by atoms with van der Waals surface area (Å²) >= 11 is 0. The van der Waals surface area contributed by atoms with Crippen molar-refractivity contribution in [2.75, 3.05) is 6.54 Å². The maximum absolute atomic E-state index is 11.8. The molecule has 2 saturated carbocycles. The number of hydrogen-bond acceptors (Lipinski definition) is 2. The van der Waals surface area contributed by atoms with Crippen LogP contribution in [-0.4, -0.2) is 23.5 Å². The number of aliphatic carboxylic acids is 1. The van der Waals surface area contributed by atoms with Crippen LogP contribution in [-0.2, 0) is 9.59 Å². The maximum atomic E-state index is 11.8. The quantitative estimate of drug-likeness (QED) is 0.770. The summed E-state index contributed by atoms with van der Waals surface area (Å²) in [7, 11) is 0. The van der Waals surface area contributed by atoms with Crippen LogP contribution < -0.4 is 5.32 Å². The minimum Gasteiger partial charge on any atom is -0.481 e. The SMILES string of the molecule is CC1(CNC(=O)CC2(C(=O)O)CCC2)CCC1. The van der Waals surface area contributed by atoms with Gasteiger partial charge in [0, 0.05) is 13.0 Å². The predicted molar refractivity (Wildman–Crippen MR) is 63.5 cm³/mol. The molecule has 0 aromatic heterocycles. The van der Waals surface area contributed by atoms with Crippen molar-refractivity contribution < 1.29 is 14.7 Å². The molecule has 0 radical (unpaired) electrons. The fourth-order valence-corrected chi connectivity index (χ4v) is 2.71. The van der Waals surface area contributed by atoms with Gasteiger partial charge >= 0.3 is 5.97 Å². The van der Waals surface area contributed by atoms with E-state index in [4.69, 9.17) is 5.11 Å². The molecule has 1 amide bonds. The second-order valence-corrected chi connectivity index (χ2v) is 6.06. The molecule has 2 rings (SSSR count). The highest BCUT2D eigenvalue weighted by Gasteiger charge is 2.46. The molecule has 96 valence electrons. The summed E-state index contributed by atoms with van der Waals surface area (Å²) in [5.74, 6) is -0.908. The van der Waals surface area contributed by atoms with E-state index in [0.29, 0.717) is 19.4 Å². The molecule has 0 heterocycles. The summed E-state index contributed by atoms with van der Waals surface area (Å²) in [6, 6.07) is 0. The summed E-state index contributed by atoms with van der Waals surface area (Å²) in [6.45, 7) is 2.87. The molecule has 0 bridgehead atoms. The minimum atomic E-state index is -0.811. The minimum absolute atomic E-state index is 0.0970. The van der Waals surface area contributed by atoms with Crippen LogP contribution in [0.3, 0.4) is 0 Å². The van der Waals surface area contributed by atoms with Crippen LogP contribution in [0.4, 0.5) is 0 Å². The van der Waals surface area contributed by atoms with Crippen LogP contribution in [0.5, 0.6) is 0 Å². The van der Waals surface area contributed by atoms with E-state index in [1.54, 1.807) is 0 Å². The molecule has 0 spiro atoms. The first-order chi connectivity index (χ1) is 7.96. The standard InChI is InChI=1S/C13H21NO3/c1-12(4-2-5-12)9-14-10(15)8-13(11(16)17)6-3-7-13/h2-9H2,1H3,(H,14,15)(H,16,17). The molecule has 0 saturated heterocycles. The Morgan fingerprint density at radius 1 is 1.18 bits per heavy atom. The van der Waals surface area contributed by atoms with Gasteiger partial charge in [-0.15, -0.1) is 0 Å². The van der Waals surface area contributed by atoms with Gasteiger partial charge in [-0.25, -0.2) is 0 Å². The van der Waals surface area contributed by atoms with Gasteiger partial charge in [0.1, 0.15) is 0 Å². The zero-order valence-corrected chi connectivity index (χ0v) is 10.4. The number of nitrogens with one attached hydrogen (secondary N) is 1. The molecule has 0 aliphatic heterocycles. The molecule has 4 nitrogen and oxygen atoms in total. The maximum Gasteiger partial charge on any atom is 0.310 e. The van der Waals surface area contributed by atoms with Gasteiger partial charge in [-0.2, -0.15) is 0 Å². The van der Waals surface area contributed by atoms with Crippen molar-refractivity contribution in [3.05, 3.63) is 0 Å². The number of amides is 1. The van der Waals surface area contributed by atoms with Gasteiger partial charge in [-0.3, -0.25) is 9.59 Å². The van der Waals surface area contributed by atoms with Gasteiger partial charge < -0.3 is 10.4 Å². The first-order valence-electron chi connectivity index (χ1n) is 6.46. The van der Waals surface area contributed by atoms with Crippen molar-refractivity contribution in [3.63, 3.8) is 0 Å². The third-order valence-corrected chi connectivity index (χ3v) is 4.54. The molecule has 2 aliphatic carbocycles. The van der Waals surface area contributed by atoms with E-state index in [9.17, 15) is 9.59 Å². The Morgan fingerprint density at radius 3 is 2.12 bits per heavy atom. The van der Waals surface area contributed by atoms with Crippen molar-refractivity contribution >= 4 is 11.9 Å². The summed E-state index contributed by atoms with van der Waals surface area (Å²) in [4.78, 5) is 22.9. The van der Waals surface area contributed by atoms with E-state index in [0.717, 1.165) is 19.3 Å². The number of rotatable bonds is 5. The highest BCUT2D eigenvalue weighted by molar-refractivity contribution is 5.85. The van der Waals surface area contributed by atoms with Gasteiger partial charge in [0.2, 0.25) is 5.91 Å². The molecule has 4 heteroatoms. The first kappa shape index (κ1) is 12.4. The van der Waals surface area contributed by atoms with Gasteiger partial charge in [0.25, 0.3) is 0 Å². The highest BCUT2D eigenvalue weighted by Crippen LogP contribution is 2.44. The zero-order valence-electron chi connectivity index (χ0n) is 10.4. The predicted octanol–water partition coefficient (Wildman–Crippen LogP) is 1.94. The lowest BCUT2D eigenvalue weighted by molar-refractivity contribution is -0.157. The summed E-state index contributed by atoms with van der Waals surface area (Å²) in [5, 5.41) is 12.0. The van der Waals surface area contributed by atoms with Gasteiger partial charge in [-0.05, 0) is 31.1 Å². The lowest BCUT2D eigenvalue weighted by Gasteiger charge is -2.40. The van der Waals surface area contributed by atoms with Crippen molar-refractivity contribution in [1.82, 2.24) is 5.32 Å². The average molecular weight is 239 g/mol. The van der Waals surface area contributed by atoms with Crippen LogP contribution in [0.25, 0.3) is 0 Å². The Hall–Kier alpha value is -1.06. The molecule has 2 fully saturated rings. The number of carboxylic acids is 1. The number of carboxylic acid groups (broad SMARTS) is 1. The monoisotopic (exact) mass is 239 g/mol. The smallest absolute Gasteiger partial charge is 0.310 e. The Morgan fingerprint density at radius 2 is 1.76 bits per heavy atom.